The minimum atomic E-state index is 0.561. The van der Waals surface area contributed by atoms with Gasteiger partial charge in [-0.25, -0.2) is 15.0 Å². The van der Waals surface area contributed by atoms with Gasteiger partial charge in [0.15, 0.2) is 5.82 Å². The molecule has 0 bridgehead atoms. The predicted octanol–water partition coefficient (Wildman–Crippen LogP) is 7.10. The first kappa shape index (κ1) is 21.7. The highest BCUT2D eigenvalue weighted by atomic mass is 15.0. The van der Waals surface area contributed by atoms with Crippen molar-refractivity contribution in [2.45, 2.75) is 20.8 Å². The summed E-state index contributed by atoms with van der Waals surface area (Å²) in [7, 11) is 0. The zero-order valence-corrected chi connectivity index (χ0v) is 20.3. The summed E-state index contributed by atoms with van der Waals surface area (Å²) in [5.41, 5.74) is 8.05. The van der Waals surface area contributed by atoms with E-state index in [0.29, 0.717) is 23.0 Å². The largest absolute Gasteiger partial charge is 0.308 e. The van der Waals surface area contributed by atoms with Crippen LogP contribution in [0.4, 0.5) is 0 Å². The molecule has 0 radical (unpaired) electrons. The summed E-state index contributed by atoms with van der Waals surface area (Å²) in [5.74, 6) is 1.86. The minimum Gasteiger partial charge on any atom is -0.308 e. The van der Waals surface area contributed by atoms with Gasteiger partial charge in [-0.05, 0) is 67.8 Å². The van der Waals surface area contributed by atoms with Crippen molar-refractivity contribution in [1.29, 1.82) is 5.26 Å². The highest BCUT2D eigenvalue weighted by molar-refractivity contribution is 6.10. The Balaban J connectivity index is 1.72. The molecule has 6 aromatic rings. The van der Waals surface area contributed by atoms with E-state index in [0.717, 1.165) is 27.8 Å². The van der Waals surface area contributed by atoms with Crippen molar-refractivity contribution in [3.8, 4) is 34.3 Å². The van der Waals surface area contributed by atoms with Gasteiger partial charge in [0, 0.05) is 16.3 Å². The maximum Gasteiger partial charge on any atom is 0.165 e. The lowest BCUT2D eigenvalue weighted by atomic mass is 9.99. The molecular formula is C31H23N5. The Labute approximate surface area is 209 Å². The number of para-hydroxylation sites is 1. The second-order valence-electron chi connectivity index (χ2n) is 9.00. The fraction of sp³-hybridized carbons (Fsp3) is 0.0968. The van der Waals surface area contributed by atoms with Crippen molar-refractivity contribution >= 4 is 21.8 Å². The number of benzene rings is 4. The molecule has 0 saturated heterocycles. The average Bonchev–Trinajstić information content (AvgIpc) is 3.21. The SMILES string of the molecule is Cc1nc(C)nc(-c2cc(C#N)ccc2-n2c3ccccc3c3ccc(-c4ccccc4C)cc32)n1. The van der Waals surface area contributed by atoms with Crippen LogP contribution in [0.1, 0.15) is 22.8 Å². The molecule has 0 atom stereocenters. The Hall–Kier alpha value is -4.82. The van der Waals surface area contributed by atoms with E-state index >= 15 is 0 Å². The number of hydrogen-bond donors (Lipinski definition) is 0. The highest BCUT2D eigenvalue weighted by Gasteiger charge is 2.19. The lowest BCUT2D eigenvalue weighted by molar-refractivity contribution is 0.926. The molecule has 2 aromatic heterocycles. The van der Waals surface area contributed by atoms with Crippen molar-refractivity contribution in [1.82, 2.24) is 19.5 Å². The summed E-state index contributed by atoms with van der Waals surface area (Å²) in [4.78, 5) is 13.6. The van der Waals surface area contributed by atoms with Crippen LogP contribution in [0, 0.1) is 32.1 Å². The van der Waals surface area contributed by atoms with E-state index in [4.69, 9.17) is 0 Å². The average molecular weight is 466 g/mol. The Kier molecular flexibility index (Phi) is 5.09. The quantitative estimate of drug-likeness (QED) is 0.280. The third-order valence-corrected chi connectivity index (χ3v) is 6.60. The fourth-order valence-electron chi connectivity index (χ4n) is 5.01. The Morgan fingerprint density at radius 3 is 2.17 bits per heavy atom. The van der Waals surface area contributed by atoms with Gasteiger partial charge in [-0.3, -0.25) is 0 Å². The second kappa shape index (κ2) is 8.44. The Morgan fingerprint density at radius 1 is 0.667 bits per heavy atom. The van der Waals surface area contributed by atoms with Crippen molar-refractivity contribution < 1.29 is 0 Å². The zero-order chi connectivity index (χ0) is 24.8. The number of fused-ring (bicyclic) bond motifs is 3. The summed E-state index contributed by atoms with van der Waals surface area (Å²) in [6.07, 6.45) is 0. The number of aryl methyl sites for hydroxylation is 3. The Bertz CT molecular complexity index is 1820. The smallest absolute Gasteiger partial charge is 0.165 e. The molecule has 0 aliphatic heterocycles. The Morgan fingerprint density at radius 2 is 1.39 bits per heavy atom. The first-order chi connectivity index (χ1) is 17.5. The van der Waals surface area contributed by atoms with E-state index in [9.17, 15) is 5.26 Å². The van der Waals surface area contributed by atoms with Crippen LogP contribution < -0.4 is 0 Å². The van der Waals surface area contributed by atoms with Crippen LogP contribution in [0.3, 0.4) is 0 Å². The molecule has 0 N–H and O–H groups in total. The molecule has 5 heteroatoms. The van der Waals surface area contributed by atoms with Gasteiger partial charge in [-0.2, -0.15) is 5.26 Å². The first-order valence-electron chi connectivity index (χ1n) is 11.9. The molecular weight excluding hydrogens is 442 g/mol. The molecule has 0 aliphatic carbocycles. The number of hydrogen-bond acceptors (Lipinski definition) is 4. The maximum atomic E-state index is 9.66. The monoisotopic (exact) mass is 465 g/mol. The van der Waals surface area contributed by atoms with Crippen LogP contribution in [0.15, 0.2) is 84.9 Å². The first-order valence-corrected chi connectivity index (χ1v) is 11.9. The van der Waals surface area contributed by atoms with Gasteiger partial charge in [0.1, 0.15) is 11.6 Å². The van der Waals surface area contributed by atoms with Crippen LogP contribution in [0.5, 0.6) is 0 Å². The van der Waals surface area contributed by atoms with Crippen LogP contribution in [0.2, 0.25) is 0 Å². The van der Waals surface area contributed by atoms with Crippen molar-refractivity contribution in [2.24, 2.45) is 0 Å². The predicted molar refractivity (Wildman–Crippen MR) is 144 cm³/mol. The third kappa shape index (κ3) is 3.52. The van der Waals surface area contributed by atoms with E-state index in [-0.39, 0.29) is 0 Å². The fourth-order valence-corrected chi connectivity index (χ4v) is 5.01. The standard InChI is InChI=1S/C31H23N5/c1-19-8-4-5-9-24(19)23-13-14-26-25-10-6-7-11-28(25)36(30(26)17-23)29-15-12-22(18-32)16-27(29)31-34-20(2)33-21(3)35-31/h4-17H,1-3H3. The van der Waals surface area contributed by atoms with Crippen LogP contribution in [-0.2, 0) is 0 Å². The van der Waals surface area contributed by atoms with Gasteiger partial charge in [0.25, 0.3) is 0 Å². The van der Waals surface area contributed by atoms with Crippen molar-refractivity contribution in [3.05, 3.63) is 108 Å². The summed E-state index contributed by atoms with van der Waals surface area (Å²) in [5, 5.41) is 12.0. The molecule has 4 aromatic carbocycles. The van der Waals surface area contributed by atoms with Crippen LogP contribution in [-0.4, -0.2) is 19.5 Å². The number of rotatable bonds is 3. The molecule has 0 saturated carbocycles. The molecule has 0 aliphatic rings. The summed E-state index contributed by atoms with van der Waals surface area (Å²) in [6, 6.07) is 31.5. The van der Waals surface area contributed by atoms with Gasteiger partial charge in [0.2, 0.25) is 0 Å². The maximum absolute atomic E-state index is 9.66. The molecule has 172 valence electrons. The topological polar surface area (TPSA) is 67.4 Å². The molecule has 0 spiro atoms. The molecule has 5 nitrogen and oxygen atoms in total. The zero-order valence-electron chi connectivity index (χ0n) is 20.3. The van der Waals surface area contributed by atoms with Crippen molar-refractivity contribution in [3.63, 3.8) is 0 Å². The van der Waals surface area contributed by atoms with Gasteiger partial charge >= 0.3 is 0 Å². The van der Waals surface area contributed by atoms with Gasteiger partial charge in [-0.1, -0.05) is 54.6 Å². The number of nitriles is 1. The van der Waals surface area contributed by atoms with Gasteiger partial charge in [-0.15, -0.1) is 0 Å². The van der Waals surface area contributed by atoms with E-state index in [1.54, 1.807) is 0 Å². The normalized spacial score (nSPS) is 11.2. The molecule has 2 heterocycles. The van der Waals surface area contributed by atoms with E-state index in [1.807, 2.05) is 32.0 Å². The second-order valence-corrected chi connectivity index (χ2v) is 9.00. The molecule has 0 unspecified atom stereocenters. The molecule has 36 heavy (non-hydrogen) atoms. The van der Waals surface area contributed by atoms with Gasteiger partial charge < -0.3 is 4.57 Å². The minimum absolute atomic E-state index is 0.561. The van der Waals surface area contributed by atoms with E-state index in [2.05, 4.69) is 99.2 Å². The van der Waals surface area contributed by atoms with E-state index < -0.39 is 0 Å². The van der Waals surface area contributed by atoms with Crippen LogP contribution >= 0.6 is 0 Å². The number of nitrogens with zero attached hydrogens (tertiary/aromatic N) is 5. The van der Waals surface area contributed by atoms with Crippen LogP contribution in [0.25, 0.3) is 50.0 Å². The highest BCUT2D eigenvalue weighted by Crippen LogP contribution is 2.38. The lowest BCUT2D eigenvalue weighted by Crippen LogP contribution is -2.03. The number of aromatic nitrogens is 4. The third-order valence-electron chi connectivity index (χ3n) is 6.60. The van der Waals surface area contributed by atoms with Gasteiger partial charge in [0.05, 0.1) is 28.4 Å². The summed E-state index contributed by atoms with van der Waals surface area (Å²) >= 11 is 0. The summed E-state index contributed by atoms with van der Waals surface area (Å²) < 4.78 is 2.26. The molecule has 0 amide bonds. The van der Waals surface area contributed by atoms with Crippen molar-refractivity contribution in [2.75, 3.05) is 0 Å². The van der Waals surface area contributed by atoms with E-state index in [1.165, 1.54) is 21.9 Å². The molecule has 0 fully saturated rings. The molecule has 6 rings (SSSR count). The summed E-state index contributed by atoms with van der Waals surface area (Å²) in [6.45, 7) is 5.86. The lowest BCUT2D eigenvalue weighted by Gasteiger charge is -2.14.